The topological polar surface area (TPSA) is 479 Å². The molecule has 144 heavy (non-hydrogen) atoms. The summed E-state index contributed by atoms with van der Waals surface area (Å²) < 4.78 is 76.5. The minimum atomic E-state index is -1.07. The van der Waals surface area contributed by atoms with Crippen molar-refractivity contribution >= 4 is 180 Å². The van der Waals surface area contributed by atoms with Crippen molar-refractivity contribution in [2.75, 3.05) is 30.0 Å². The first-order chi connectivity index (χ1) is 65.6. The highest BCUT2D eigenvalue weighted by molar-refractivity contribution is 6.35. The molecule has 9 N–H and O–H groups in total. The fourth-order valence-electron chi connectivity index (χ4n) is 14.6. The van der Waals surface area contributed by atoms with Gasteiger partial charge in [0.1, 0.15) is 112 Å². The van der Waals surface area contributed by atoms with Gasteiger partial charge in [-0.1, -0.05) is 158 Å². The fourth-order valence-corrected chi connectivity index (χ4v) is 15.4. The summed E-state index contributed by atoms with van der Waals surface area (Å²) >= 11 is 23.3. The lowest BCUT2D eigenvalue weighted by Crippen LogP contribution is -1.95. The molecule has 0 unspecified atom stereocenters. The molecular formula is C97H111Cl4F4N37O2. The number of aryl methyl sites for hydroxylation is 14. The van der Waals surface area contributed by atoms with Gasteiger partial charge in [0.15, 0.2) is 73.8 Å². The molecular weight excluding hydrogens is 1930 g/mol. The van der Waals surface area contributed by atoms with Gasteiger partial charge in [0, 0.05) is 128 Å². The van der Waals surface area contributed by atoms with Crippen molar-refractivity contribution in [2.45, 2.75) is 79.7 Å². The number of nitrogens with zero attached hydrogens (tertiary/aromatic N) is 33. The number of hydrogen-bond acceptors (Lipinski definition) is 29. The number of nitrogens with two attached hydrogens (primary N) is 4. The quantitative estimate of drug-likeness (QED) is 0.0789. The van der Waals surface area contributed by atoms with Gasteiger partial charge in [-0.2, -0.15) is 40.8 Å². The first kappa shape index (κ1) is 113. The van der Waals surface area contributed by atoms with Crippen LogP contribution in [0.2, 0.25) is 20.5 Å². The number of ether oxygens (including phenoxy) is 1. The monoisotopic (exact) mass is 2040 g/mol. The second kappa shape index (κ2) is 47.5. The number of phenols is 1. The molecule has 39 nitrogen and oxygen atoms in total. The van der Waals surface area contributed by atoms with Crippen LogP contribution in [-0.2, 0) is 70.5 Å². The summed E-state index contributed by atoms with van der Waals surface area (Å²) in [6.45, 7) is 8.25. The number of aromatic nitrogens is 33. The van der Waals surface area contributed by atoms with Crippen molar-refractivity contribution in [3.8, 4) is 56.5 Å². The SMILES string of the molecule is C.C.C.C.C.C.C.COc1c(F)cc(-c2nn(C)c3ncnc(N)c23)cc1F.Cc1c2ccc(-c3nn(C)c4ncnc(N)c34)cc2nn1C.Cc1ccc(C)cc1.Cc1nn(C)c2cc(-c3nn(C)c4ncnc(N)c34)ccc12.Cn1ccc2c(Cl)ncnc21.Cn1ccc2ncnc(Cl)c21.Cn1nc(-c2cc(F)c(O)c(F)c2)c2c(N)ncnc21.Cn1ncc2c(Cl)ccnc21.Cn1ncc2c(Cl)ncnc21. The van der Waals surface area contributed by atoms with Crippen LogP contribution in [0.15, 0.2) is 178 Å². The van der Waals surface area contributed by atoms with Crippen LogP contribution in [-0.4, -0.2) is 174 Å². The molecule has 47 heteroatoms. The normalized spacial score (nSPS) is 10.5. The van der Waals surface area contributed by atoms with Crippen LogP contribution in [0.5, 0.6) is 11.5 Å². The number of nitrogen functional groups attached to an aromatic ring is 4. The predicted octanol–water partition coefficient (Wildman–Crippen LogP) is 19.7. The highest BCUT2D eigenvalue weighted by atomic mass is 35.5. The molecule has 0 spiro atoms. The standard InChI is InChI=1S/2C15H15N7.C13H11F2N5O.C12H9F2N5O.C8H10.3C7H6ClN3.C6H5ClN4.7CH4/c1-8-10-5-4-9(6-11(10)19-21(8)2)13-12-14(16)17-7-18-15(12)22(3)20-13;1-8-10-5-4-9(6-11(10)21(2)19-8)13-12-14(16)17-7-18-15(12)22(3)20-13;1-20-13-9(12(16)17-5-18-13)10(19-20)6-3-7(14)11(21-2)8(15)4-6;1-19-12-8(11(15)16-4-17-12)9(18-19)5-2-6(13)10(20)7(14)3-5;1-7-3-5-8(2)6-4-7;1-11-7-5(4-10-11)6(8)2-3-9-7;1-11-3-2-5-6(11)7(8)10-4-9-5;1-11-3-2-5-6(8)9-4-10-7(5)11;1-11-6-4(2-10-11)5(7)8-3-9-6;;;;;;;/h2*4-7H,1-3H3,(H2,16,17,18);3-5H,1-2H3,(H2,16,17,18);2-4,20H,1H3,(H2,15,16,17);3-6H,1-2H3;3*2-4H,1H3;2-3H,1H3;7*1H4. The average molecular weight is 2050 g/mol. The van der Waals surface area contributed by atoms with E-state index in [4.69, 9.17) is 74.4 Å². The lowest BCUT2D eigenvalue weighted by Gasteiger charge is -2.06. The van der Waals surface area contributed by atoms with Gasteiger partial charge in [0.05, 0.1) is 84.5 Å². The summed E-state index contributed by atoms with van der Waals surface area (Å²) in [6, 6.07) is 30.6. The molecule has 0 aliphatic rings. The van der Waals surface area contributed by atoms with E-state index in [-0.39, 0.29) is 80.4 Å². The van der Waals surface area contributed by atoms with Crippen molar-refractivity contribution in [3.63, 3.8) is 0 Å². The molecule has 0 saturated carbocycles. The van der Waals surface area contributed by atoms with Crippen molar-refractivity contribution in [2.24, 2.45) is 70.5 Å². The van der Waals surface area contributed by atoms with Gasteiger partial charge < -0.3 is 41.9 Å². The van der Waals surface area contributed by atoms with E-state index in [0.29, 0.717) is 59.9 Å². The summed E-state index contributed by atoms with van der Waals surface area (Å²) in [7, 11) is 19.6. The van der Waals surface area contributed by atoms with Gasteiger partial charge >= 0.3 is 0 Å². The average Bonchev–Trinajstić information content (AvgIpc) is 1.64. The van der Waals surface area contributed by atoms with Crippen LogP contribution in [0.3, 0.4) is 0 Å². The van der Waals surface area contributed by atoms with Crippen LogP contribution in [0.25, 0.3) is 155 Å². The second-order valence-corrected chi connectivity index (χ2v) is 32.1. The largest absolute Gasteiger partial charge is 0.503 e. The van der Waals surface area contributed by atoms with E-state index < -0.39 is 34.8 Å². The fraction of sp³-hybridized carbons (Fsp3) is 0.227. The molecule has 0 amide bonds. The lowest BCUT2D eigenvalue weighted by molar-refractivity contribution is 0.360. The van der Waals surface area contributed by atoms with Gasteiger partial charge in [0.2, 0.25) is 0 Å². The Morgan fingerprint density at radius 2 is 0.715 bits per heavy atom. The smallest absolute Gasteiger partial charge is 0.190 e. The second-order valence-electron chi connectivity index (χ2n) is 30.6. The van der Waals surface area contributed by atoms with Gasteiger partial charge in [-0.05, 0) is 82.3 Å². The Labute approximate surface area is 845 Å². The predicted molar refractivity (Wildman–Crippen MR) is 566 cm³/mol. The third-order valence-electron chi connectivity index (χ3n) is 21.6. The van der Waals surface area contributed by atoms with Gasteiger partial charge in [-0.3, -0.25) is 18.7 Å². The third-order valence-corrected chi connectivity index (χ3v) is 22.8. The number of rotatable bonds is 5. The number of methoxy groups -OCH3 is 1. The molecule has 0 aliphatic heterocycles. The lowest BCUT2D eigenvalue weighted by atomic mass is 10.1. The minimum absolute atomic E-state index is 0. The Morgan fingerprint density at radius 3 is 1.16 bits per heavy atom. The molecule has 0 atom stereocenters. The van der Waals surface area contributed by atoms with Gasteiger partial charge in [-0.15, -0.1) is 0 Å². The highest BCUT2D eigenvalue weighted by Gasteiger charge is 2.24. The van der Waals surface area contributed by atoms with E-state index >= 15 is 0 Å². The zero-order valence-corrected chi connectivity index (χ0v) is 78.7. The van der Waals surface area contributed by atoms with Crippen molar-refractivity contribution in [1.29, 1.82) is 0 Å². The van der Waals surface area contributed by atoms with E-state index in [9.17, 15) is 17.6 Å². The Bertz CT molecular complexity index is 8200. The molecule has 23 aromatic rings. The van der Waals surface area contributed by atoms with E-state index in [1.54, 1.807) is 57.5 Å². The summed E-state index contributed by atoms with van der Waals surface area (Å²) in [5.74, 6) is -4.03. The van der Waals surface area contributed by atoms with Gasteiger partial charge in [0.25, 0.3) is 0 Å². The number of hydrogen-bond donors (Lipinski definition) is 5. The van der Waals surface area contributed by atoms with Crippen LogP contribution >= 0.6 is 46.4 Å². The molecule has 752 valence electrons. The molecule has 23 rings (SSSR count). The highest BCUT2D eigenvalue weighted by Crippen LogP contribution is 2.39. The molecule has 18 aromatic heterocycles. The van der Waals surface area contributed by atoms with Crippen molar-refractivity contribution < 1.29 is 27.4 Å². The molecule has 0 fully saturated rings. The van der Waals surface area contributed by atoms with E-state index in [1.165, 1.54) is 71.9 Å². The summed E-state index contributed by atoms with van der Waals surface area (Å²) in [5, 5.41) is 53.0. The molecule has 0 aliphatic carbocycles. The molecule has 0 saturated heterocycles. The maximum absolute atomic E-state index is 13.8. The van der Waals surface area contributed by atoms with Crippen LogP contribution in [0.4, 0.5) is 40.8 Å². The zero-order chi connectivity index (χ0) is 97.8. The molecule has 0 radical (unpaired) electrons. The maximum Gasteiger partial charge on any atom is 0.190 e. The summed E-state index contributed by atoms with van der Waals surface area (Å²) in [5.41, 5.74) is 41.5. The molecule has 5 aromatic carbocycles. The van der Waals surface area contributed by atoms with Crippen molar-refractivity contribution in [3.05, 3.63) is 245 Å². The van der Waals surface area contributed by atoms with Crippen molar-refractivity contribution in [1.82, 2.24) is 162 Å². The zero-order valence-electron chi connectivity index (χ0n) is 75.7. The van der Waals surface area contributed by atoms with Crippen LogP contribution in [0.1, 0.15) is 74.5 Å². The number of benzene rings is 5. The first-order valence-corrected chi connectivity index (χ1v) is 42.5. The van der Waals surface area contributed by atoms with Gasteiger partial charge in [-0.25, -0.2) is 111 Å². The number of fused-ring (bicyclic) bond motifs is 10. The van der Waals surface area contributed by atoms with Crippen LogP contribution in [0, 0.1) is 51.0 Å². The van der Waals surface area contributed by atoms with E-state index in [1.807, 2.05) is 125 Å². The summed E-state index contributed by atoms with van der Waals surface area (Å²) in [6.07, 6.45) is 18.7. The van der Waals surface area contributed by atoms with E-state index in [0.717, 1.165) is 146 Å². The third kappa shape index (κ3) is 23.1. The number of anilines is 4. The maximum atomic E-state index is 13.8. The Hall–Kier alpha value is -16.7. The van der Waals surface area contributed by atoms with E-state index in [2.05, 4.69) is 184 Å². The molecule has 18 heterocycles. The number of halogens is 8. The minimum Gasteiger partial charge on any atom is -0.503 e. The molecule has 0 bridgehead atoms. The first-order valence-electron chi connectivity index (χ1n) is 41.0. The summed E-state index contributed by atoms with van der Waals surface area (Å²) in [4.78, 5) is 60.3. The number of phenolic OH excluding ortho intramolecular Hbond substituents is 1. The number of pyridine rings is 1. The Balaban J connectivity index is 0.000000200. The Morgan fingerprint density at radius 1 is 0.326 bits per heavy atom. The Kier molecular flexibility index (Phi) is 37.2. The number of aromatic hydroxyl groups is 1. The van der Waals surface area contributed by atoms with Crippen LogP contribution < -0.4 is 27.7 Å².